The molecule has 2 aromatic rings. The molecule has 2 fully saturated rings. The van der Waals surface area contributed by atoms with Crippen LogP contribution in [0.3, 0.4) is 0 Å². The lowest BCUT2D eigenvalue weighted by atomic mass is 9.74. The van der Waals surface area contributed by atoms with E-state index in [0.717, 1.165) is 11.0 Å². The first-order valence-electron chi connectivity index (χ1n) is 12.5. The second-order valence-electron chi connectivity index (χ2n) is 10.6. The number of fused-ring (bicyclic) bond motifs is 3. The summed E-state index contributed by atoms with van der Waals surface area (Å²) in [7, 11) is 1.75. The van der Waals surface area contributed by atoms with Crippen molar-refractivity contribution in [2.24, 2.45) is 11.8 Å². The number of thioether (sulfide) groups is 1. The highest BCUT2D eigenvalue weighted by Crippen LogP contribution is 2.65. The van der Waals surface area contributed by atoms with Crippen LogP contribution in [0.25, 0.3) is 11.0 Å². The molecule has 4 aliphatic rings. The highest BCUT2D eigenvalue weighted by Gasteiger charge is 2.74. The van der Waals surface area contributed by atoms with E-state index in [9.17, 15) is 19.5 Å². The Morgan fingerprint density at radius 3 is 2.62 bits per heavy atom. The maximum Gasteiger partial charge on any atom is 0.248 e. The third-order valence-corrected chi connectivity index (χ3v) is 10.0. The zero-order chi connectivity index (χ0) is 26.1. The number of likely N-dealkylation sites (tertiary alicyclic amines) is 1. The smallest absolute Gasteiger partial charge is 0.248 e. The van der Waals surface area contributed by atoms with Crippen LogP contribution in [-0.2, 0) is 21.1 Å². The van der Waals surface area contributed by atoms with Crippen LogP contribution in [0, 0.1) is 11.8 Å². The average Bonchev–Trinajstić information content (AvgIpc) is 3.42. The highest BCUT2D eigenvalue weighted by molar-refractivity contribution is 8.02. The van der Waals surface area contributed by atoms with Gasteiger partial charge >= 0.3 is 0 Å². The quantitative estimate of drug-likeness (QED) is 0.594. The second-order valence-corrected chi connectivity index (χ2v) is 12.4. The Morgan fingerprint density at radius 2 is 1.84 bits per heavy atom. The summed E-state index contributed by atoms with van der Waals surface area (Å²) < 4.78 is 0.104. The fourth-order valence-corrected chi connectivity index (χ4v) is 8.65. The summed E-state index contributed by atoms with van der Waals surface area (Å²) in [4.78, 5) is 47.0. The van der Waals surface area contributed by atoms with Gasteiger partial charge in [0.15, 0.2) is 0 Å². The van der Waals surface area contributed by atoms with Crippen LogP contribution in [0.4, 0.5) is 0 Å². The van der Waals surface area contributed by atoms with Gasteiger partial charge in [0.05, 0.1) is 34.7 Å². The molecule has 37 heavy (non-hydrogen) atoms. The number of aliphatic hydroxyl groups is 1. The van der Waals surface area contributed by atoms with E-state index in [1.165, 1.54) is 16.7 Å². The molecule has 1 unspecified atom stereocenters. The number of aliphatic hydroxyl groups excluding tert-OH is 1. The fraction of sp³-hybridized carbons (Fsp3) is 0.500. The molecule has 0 radical (unpaired) electrons. The van der Waals surface area contributed by atoms with E-state index >= 15 is 0 Å². The van der Waals surface area contributed by atoms with Gasteiger partial charge in [-0.2, -0.15) is 0 Å². The number of hydrogen-bond acceptors (Lipinski definition) is 7. The Bertz CT molecular complexity index is 1360. The van der Waals surface area contributed by atoms with Gasteiger partial charge in [-0.15, -0.1) is 16.9 Å². The van der Waals surface area contributed by atoms with Crippen LogP contribution in [0.5, 0.6) is 0 Å². The van der Waals surface area contributed by atoms with Gasteiger partial charge in [0, 0.05) is 24.9 Å². The van der Waals surface area contributed by atoms with Gasteiger partial charge < -0.3 is 19.8 Å². The van der Waals surface area contributed by atoms with Gasteiger partial charge in [-0.3, -0.25) is 14.4 Å². The molecule has 194 valence electrons. The van der Waals surface area contributed by atoms with Crippen molar-refractivity contribution in [2.45, 2.75) is 42.1 Å². The summed E-state index contributed by atoms with van der Waals surface area (Å²) in [6.07, 6.45) is 7.92. The molecule has 0 aliphatic carbocycles. The number of benzene rings is 1. The summed E-state index contributed by atoms with van der Waals surface area (Å²) >= 11 is 1.54. The van der Waals surface area contributed by atoms with E-state index < -0.39 is 33.4 Å². The second kappa shape index (κ2) is 8.42. The Hall–Kier alpha value is -3.18. The lowest BCUT2D eigenvalue weighted by Crippen LogP contribution is -2.56. The number of amides is 3. The number of aromatic nitrogens is 3. The number of nitrogens with zero attached hydrogens (tertiary/aromatic N) is 6. The molecule has 3 amide bonds. The van der Waals surface area contributed by atoms with Crippen LogP contribution in [0.2, 0.25) is 0 Å². The standard InChI is InChI=1S/C26H30N6O4S/c1-16(14-33)32-21-24(36)30(15-31-18-9-5-4-8-17(18)27-28-31)13-7-11-26(21)20(23(32)35)19-22(34)29(3)12-6-10-25(19,2)37-26/h4-11,16,19-21,33H,12-15H2,1-3H3/t16-,19-,20+,21?,25+,26+/m1/s1. The number of rotatable bonds is 4. The molecule has 0 bridgehead atoms. The molecular weight excluding hydrogens is 492 g/mol. The highest BCUT2D eigenvalue weighted by atomic mass is 32.2. The molecule has 6 rings (SSSR count). The minimum absolute atomic E-state index is 0.0940. The number of hydrogen-bond donors (Lipinski definition) is 1. The number of likely N-dealkylation sites (N-methyl/N-ethyl adjacent to an activating group) is 1. The van der Waals surface area contributed by atoms with E-state index in [1.807, 2.05) is 55.5 Å². The van der Waals surface area contributed by atoms with Gasteiger partial charge in [0.2, 0.25) is 17.7 Å². The summed E-state index contributed by atoms with van der Waals surface area (Å²) in [6.45, 7) is 4.44. The first-order valence-corrected chi connectivity index (χ1v) is 13.3. The lowest BCUT2D eigenvalue weighted by Gasteiger charge is -2.38. The molecule has 1 N–H and O–H groups in total. The molecule has 0 saturated carbocycles. The van der Waals surface area contributed by atoms with E-state index in [2.05, 4.69) is 10.3 Å². The number of para-hydroxylation sites is 1. The van der Waals surface area contributed by atoms with E-state index in [-0.39, 0.29) is 31.0 Å². The van der Waals surface area contributed by atoms with Gasteiger partial charge in [0.1, 0.15) is 18.2 Å². The summed E-state index contributed by atoms with van der Waals surface area (Å²) in [5.74, 6) is -1.90. The predicted molar refractivity (Wildman–Crippen MR) is 138 cm³/mol. The van der Waals surface area contributed by atoms with Crippen molar-refractivity contribution in [3.63, 3.8) is 0 Å². The molecule has 1 aromatic heterocycles. The molecule has 10 nitrogen and oxygen atoms in total. The zero-order valence-electron chi connectivity index (χ0n) is 21.0. The van der Waals surface area contributed by atoms with E-state index in [0.29, 0.717) is 13.1 Å². The van der Waals surface area contributed by atoms with Crippen LogP contribution in [0.1, 0.15) is 13.8 Å². The average molecular weight is 523 g/mol. The summed E-state index contributed by atoms with van der Waals surface area (Å²) in [5, 5.41) is 18.5. The molecule has 1 aromatic carbocycles. The van der Waals surface area contributed by atoms with E-state index in [4.69, 9.17) is 0 Å². The van der Waals surface area contributed by atoms with Crippen molar-refractivity contribution in [1.82, 2.24) is 29.7 Å². The normalized spacial score (nSPS) is 34.0. The maximum absolute atomic E-state index is 14.3. The third kappa shape index (κ3) is 3.33. The fourth-order valence-electron chi connectivity index (χ4n) is 6.50. The van der Waals surface area contributed by atoms with Gasteiger partial charge in [-0.05, 0) is 26.0 Å². The molecule has 11 heteroatoms. The SMILES string of the molecule is C[C@H](CO)N1C(=O)[C@@H]2[C@@H]3C(=O)N(C)CC=C[C@]3(C)S[C@@]23C=CCN(Cn2nnc4ccccc42)C(=O)C13. The number of carbonyl (C=O) groups excluding carboxylic acids is 3. The predicted octanol–water partition coefficient (Wildman–Crippen LogP) is 0.884. The molecule has 6 atom stereocenters. The Balaban J connectivity index is 1.45. The molecule has 1 spiro atoms. The van der Waals surface area contributed by atoms with Crippen molar-refractivity contribution < 1.29 is 19.5 Å². The largest absolute Gasteiger partial charge is 0.394 e. The van der Waals surface area contributed by atoms with Crippen molar-refractivity contribution >= 4 is 40.5 Å². The summed E-state index contributed by atoms with van der Waals surface area (Å²) in [5.41, 5.74) is 1.54. The molecular formula is C26H30N6O4S. The van der Waals surface area contributed by atoms with Crippen molar-refractivity contribution in [1.29, 1.82) is 0 Å². The molecule has 2 saturated heterocycles. The van der Waals surface area contributed by atoms with Crippen LogP contribution in [-0.4, -0.2) is 101 Å². The Kier molecular flexibility index (Phi) is 5.50. The minimum atomic E-state index is -0.936. The van der Waals surface area contributed by atoms with Crippen molar-refractivity contribution in [2.75, 3.05) is 26.7 Å². The third-order valence-electron chi connectivity index (χ3n) is 8.24. The van der Waals surface area contributed by atoms with Crippen LogP contribution >= 0.6 is 11.8 Å². The molecule has 4 aliphatic heterocycles. The van der Waals surface area contributed by atoms with Crippen molar-refractivity contribution in [3.05, 3.63) is 48.6 Å². The maximum atomic E-state index is 14.3. The van der Waals surface area contributed by atoms with Crippen LogP contribution < -0.4 is 0 Å². The summed E-state index contributed by atoms with van der Waals surface area (Å²) in [6, 6.07) is 6.11. The van der Waals surface area contributed by atoms with Gasteiger partial charge in [-0.25, -0.2) is 4.68 Å². The topological polar surface area (TPSA) is 112 Å². The van der Waals surface area contributed by atoms with Crippen LogP contribution in [0.15, 0.2) is 48.6 Å². The monoisotopic (exact) mass is 522 g/mol. The van der Waals surface area contributed by atoms with E-state index in [1.54, 1.807) is 28.5 Å². The number of carbonyl (C=O) groups is 3. The van der Waals surface area contributed by atoms with Crippen molar-refractivity contribution in [3.8, 4) is 0 Å². The first kappa shape index (κ1) is 24.2. The molecule has 5 heterocycles. The van der Waals surface area contributed by atoms with Gasteiger partial charge in [-0.1, -0.05) is 41.7 Å². The lowest BCUT2D eigenvalue weighted by molar-refractivity contribution is -0.147. The van der Waals surface area contributed by atoms with Gasteiger partial charge in [0.25, 0.3) is 0 Å². The Labute approximate surface area is 218 Å². The first-order chi connectivity index (χ1) is 17.7. The Morgan fingerprint density at radius 1 is 1.08 bits per heavy atom. The minimum Gasteiger partial charge on any atom is -0.394 e. The zero-order valence-corrected chi connectivity index (χ0v) is 21.8.